The summed E-state index contributed by atoms with van der Waals surface area (Å²) >= 11 is 8.01. The Morgan fingerprint density at radius 1 is 1.03 bits per heavy atom. The molecule has 7 heteroatoms. The molecule has 4 nitrogen and oxygen atoms in total. The summed E-state index contributed by atoms with van der Waals surface area (Å²) in [4.78, 5) is 17.8. The fourth-order valence-corrected chi connectivity index (χ4v) is 4.49. The van der Waals surface area contributed by atoms with Crippen LogP contribution in [0.5, 0.6) is 0 Å². The fourth-order valence-electron chi connectivity index (χ4n) is 3.36. The van der Waals surface area contributed by atoms with E-state index >= 15 is 0 Å². The summed E-state index contributed by atoms with van der Waals surface area (Å²) in [5.41, 5.74) is 4.31. The van der Waals surface area contributed by atoms with Crippen LogP contribution in [0.4, 0.5) is 10.1 Å². The zero-order valence-corrected chi connectivity index (χ0v) is 19.9. The van der Waals surface area contributed by atoms with E-state index < -0.39 is 0 Å². The third-order valence-corrected chi connectivity index (χ3v) is 6.38. The fraction of sp³-hybridized carbons (Fsp3) is 0.111. The molecule has 0 atom stereocenters. The number of carbonyl (C=O) groups is 1. The van der Waals surface area contributed by atoms with Gasteiger partial charge in [-0.2, -0.15) is 0 Å². The van der Waals surface area contributed by atoms with Gasteiger partial charge in [-0.1, -0.05) is 42.5 Å². The minimum absolute atomic E-state index is 0.194. The monoisotopic (exact) mass is 491 g/mol. The van der Waals surface area contributed by atoms with Crippen LogP contribution in [0, 0.1) is 5.82 Å². The number of rotatable bonds is 8. The molecule has 1 heterocycles. The number of nitrogens with zero attached hydrogens (tertiary/aromatic N) is 2. The van der Waals surface area contributed by atoms with Crippen LogP contribution in [0.2, 0.25) is 0 Å². The van der Waals surface area contributed by atoms with Gasteiger partial charge in [0, 0.05) is 59.1 Å². The lowest BCUT2D eigenvalue weighted by molar-refractivity contribution is 0.0951. The Labute approximate surface area is 208 Å². The zero-order valence-electron chi connectivity index (χ0n) is 18.3. The van der Waals surface area contributed by atoms with Gasteiger partial charge >= 0.3 is 0 Å². The van der Waals surface area contributed by atoms with E-state index in [0.29, 0.717) is 18.5 Å². The van der Waals surface area contributed by atoms with Gasteiger partial charge in [0.25, 0.3) is 5.91 Å². The van der Waals surface area contributed by atoms with Gasteiger partial charge in [-0.05, 0) is 66.1 Å². The van der Waals surface area contributed by atoms with E-state index in [1.54, 1.807) is 28.1 Å². The first-order valence-corrected chi connectivity index (χ1v) is 11.9. The quantitative estimate of drug-likeness (QED) is 0.276. The normalized spacial score (nSPS) is 12.7. The molecule has 0 unspecified atom stereocenters. The first-order chi connectivity index (χ1) is 16.6. The minimum atomic E-state index is -0.300. The Balaban J connectivity index is 1.38. The van der Waals surface area contributed by atoms with Crippen LogP contribution >= 0.6 is 23.7 Å². The highest BCUT2D eigenvalue weighted by atomic mass is 35.5. The smallest absolute Gasteiger partial charge is 0.251 e. The summed E-state index contributed by atoms with van der Waals surface area (Å²) in [5, 5.41) is 2.85. The van der Waals surface area contributed by atoms with Gasteiger partial charge in [-0.15, -0.1) is 0 Å². The highest BCUT2D eigenvalue weighted by Gasteiger charge is 2.13. The highest BCUT2D eigenvalue weighted by Crippen LogP contribution is 2.34. The Morgan fingerprint density at radius 3 is 2.59 bits per heavy atom. The summed E-state index contributed by atoms with van der Waals surface area (Å²) in [7, 11) is 0. The van der Waals surface area contributed by atoms with Crippen molar-refractivity contribution in [1.29, 1.82) is 0 Å². The average Bonchev–Trinajstić information content (AvgIpc) is 3.13. The van der Waals surface area contributed by atoms with Crippen molar-refractivity contribution in [1.82, 2.24) is 5.32 Å². The zero-order chi connectivity index (χ0) is 23.8. The maximum absolute atomic E-state index is 13.0. The van der Waals surface area contributed by atoms with Crippen molar-refractivity contribution in [2.45, 2.75) is 24.3 Å². The summed E-state index contributed by atoms with van der Waals surface area (Å²) in [5.74, 6) is -0.494. The van der Waals surface area contributed by atoms with Crippen LogP contribution < -0.4 is 9.14 Å². The number of amides is 1. The van der Waals surface area contributed by atoms with Gasteiger partial charge in [0.15, 0.2) is 0 Å². The SMILES string of the molecule is O=C(NCc1ccc(F)cc1)c1ccc(SN(Cl)c2ccccc2CC2=NC=CCC=C2)cc1. The molecule has 34 heavy (non-hydrogen) atoms. The molecule has 0 radical (unpaired) electrons. The molecule has 0 fully saturated rings. The number of nitrogens with one attached hydrogen (secondary N) is 1. The Hall–Kier alpha value is -3.35. The molecular weight excluding hydrogens is 469 g/mol. The molecule has 0 spiro atoms. The molecule has 3 aromatic rings. The van der Waals surface area contributed by atoms with Crippen molar-refractivity contribution < 1.29 is 9.18 Å². The maximum Gasteiger partial charge on any atom is 0.251 e. The topological polar surface area (TPSA) is 44.7 Å². The van der Waals surface area contributed by atoms with Gasteiger partial charge < -0.3 is 5.32 Å². The van der Waals surface area contributed by atoms with Crippen LogP contribution in [0.3, 0.4) is 0 Å². The Bertz CT molecular complexity index is 1220. The standard InChI is InChI=1S/C27H23ClFN3OS/c28-32(26-8-4-3-6-22(26)18-24-7-2-1-5-17-30-24)34-25-15-11-21(12-16-25)27(33)31-19-20-9-13-23(29)14-10-20/h2-17H,1,18-19H2,(H,31,33). The number of carbonyl (C=O) groups excluding carboxylic acids is 1. The predicted octanol–water partition coefficient (Wildman–Crippen LogP) is 6.88. The second-order valence-corrected chi connectivity index (χ2v) is 9.18. The summed E-state index contributed by atoms with van der Waals surface area (Å²) in [6.07, 6.45) is 9.55. The van der Waals surface area contributed by atoms with E-state index in [-0.39, 0.29) is 11.7 Å². The molecule has 0 saturated heterocycles. The van der Waals surface area contributed by atoms with Crippen molar-refractivity contribution in [2.75, 3.05) is 3.82 Å². The molecule has 0 bridgehead atoms. The van der Waals surface area contributed by atoms with Crippen molar-refractivity contribution >= 4 is 41.0 Å². The van der Waals surface area contributed by atoms with Crippen LogP contribution in [0.15, 0.2) is 107 Å². The molecule has 4 rings (SSSR count). The van der Waals surface area contributed by atoms with Crippen molar-refractivity contribution in [3.8, 4) is 0 Å². The van der Waals surface area contributed by atoms with Gasteiger partial charge in [0.1, 0.15) is 5.82 Å². The molecule has 1 aliphatic rings. The Morgan fingerprint density at radius 2 is 1.79 bits per heavy atom. The van der Waals surface area contributed by atoms with Crippen molar-refractivity contribution in [3.63, 3.8) is 0 Å². The number of benzene rings is 3. The summed E-state index contributed by atoms with van der Waals surface area (Å²) in [6, 6.07) is 21.3. The maximum atomic E-state index is 13.0. The van der Waals surface area contributed by atoms with Gasteiger partial charge in [0.2, 0.25) is 0 Å². The lowest BCUT2D eigenvalue weighted by atomic mass is 10.1. The van der Waals surface area contributed by atoms with E-state index in [9.17, 15) is 9.18 Å². The second kappa shape index (κ2) is 11.7. The lowest BCUT2D eigenvalue weighted by Crippen LogP contribution is -2.22. The summed E-state index contributed by atoms with van der Waals surface area (Å²) < 4.78 is 14.6. The van der Waals surface area contributed by atoms with E-state index in [2.05, 4.69) is 16.4 Å². The molecule has 0 saturated carbocycles. The van der Waals surface area contributed by atoms with Gasteiger partial charge in [-0.3, -0.25) is 9.79 Å². The number of hydrogen-bond acceptors (Lipinski definition) is 4. The molecule has 3 aromatic carbocycles. The average molecular weight is 492 g/mol. The molecule has 0 aliphatic carbocycles. The van der Waals surface area contributed by atoms with Gasteiger partial charge in [0.05, 0.1) is 5.69 Å². The van der Waals surface area contributed by atoms with Crippen molar-refractivity contribution in [2.24, 2.45) is 4.99 Å². The van der Waals surface area contributed by atoms with Crippen molar-refractivity contribution in [3.05, 3.63) is 120 Å². The number of anilines is 1. The third-order valence-electron chi connectivity index (χ3n) is 5.15. The summed E-state index contributed by atoms with van der Waals surface area (Å²) in [6.45, 7) is 0.331. The van der Waals surface area contributed by atoms with E-state index in [1.807, 2.05) is 54.8 Å². The van der Waals surface area contributed by atoms with E-state index in [1.165, 1.54) is 24.1 Å². The molecular formula is C27H23ClFN3OS. The number of hydrogen-bond donors (Lipinski definition) is 1. The number of aliphatic imine (C=N–C) groups is 1. The van der Waals surface area contributed by atoms with E-state index in [0.717, 1.165) is 33.8 Å². The molecule has 1 amide bonds. The molecule has 1 N–H and O–H groups in total. The molecule has 172 valence electrons. The van der Waals surface area contributed by atoms with Crippen LogP contribution in [-0.2, 0) is 13.0 Å². The van der Waals surface area contributed by atoms with E-state index in [4.69, 9.17) is 11.8 Å². The lowest BCUT2D eigenvalue weighted by Gasteiger charge is -2.18. The second-order valence-electron chi connectivity index (χ2n) is 7.62. The minimum Gasteiger partial charge on any atom is -0.348 e. The first kappa shape index (κ1) is 23.8. The number of allylic oxidation sites excluding steroid dienone is 3. The van der Waals surface area contributed by atoms with Crippen LogP contribution in [0.25, 0.3) is 0 Å². The number of para-hydroxylation sites is 1. The first-order valence-electron chi connectivity index (χ1n) is 10.8. The molecule has 0 aromatic heterocycles. The van der Waals surface area contributed by atoms with Crippen LogP contribution in [0.1, 0.15) is 27.9 Å². The Kier molecular flexibility index (Phi) is 8.17. The number of halogens is 2. The van der Waals surface area contributed by atoms with Crippen LogP contribution in [-0.4, -0.2) is 11.6 Å². The highest BCUT2D eigenvalue weighted by molar-refractivity contribution is 8.01. The van der Waals surface area contributed by atoms with Gasteiger partial charge in [-0.25, -0.2) is 8.21 Å². The third kappa shape index (κ3) is 6.59. The molecule has 1 aliphatic heterocycles. The largest absolute Gasteiger partial charge is 0.348 e. The predicted molar refractivity (Wildman–Crippen MR) is 139 cm³/mol.